The molecule has 74 heavy (non-hydrogen) atoms. The molecule has 0 bridgehead atoms. The Morgan fingerprint density at radius 3 is 1.11 bits per heavy atom. The molecule has 5 nitrogen and oxygen atoms in total. The number of para-hydroxylation sites is 1. The van der Waals surface area contributed by atoms with Crippen LogP contribution in [0.2, 0.25) is 0 Å². The number of Topliss-reactive ketones (excluding diaryl/α,β-unsaturated/α-hetero) is 1. The second kappa shape index (κ2) is 20.2. The average Bonchev–Trinajstić information content (AvgIpc) is 3.39. The van der Waals surface area contributed by atoms with Gasteiger partial charge >= 0.3 is 11.8 Å². The summed E-state index contributed by atoms with van der Waals surface area (Å²) in [5.74, 6) is -71.6. The summed E-state index contributed by atoms with van der Waals surface area (Å²) >= 11 is 0. The van der Waals surface area contributed by atoms with Crippen LogP contribution >= 0.6 is 0 Å². The lowest BCUT2D eigenvalue weighted by atomic mass is 9.12. The topological polar surface area (TPSA) is 67.5 Å². The molecular formula is C48H18BF20NO4. The lowest BCUT2D eigenvalue weighted by Gasteiger charge is -2.44. The number of carbonyl (C=O) groups excluding carboxylic acids is 1. The summed E-state index contributed by atoms with van der Waals surface area (Å²) < 4.78 is 302. The molecule has 7 aromatic carbocycles. The Balaban J connectivity index is 0.000000237. The van der Waals surface area contributed by atoms with Crippen LogP contribution < -0.4 is 31.2 Å². The van der Waals surface area contributed by atoms with Gasteiger partial charge in [-0.3, -0.25) is 4.79 Å². The summed E-state index contributed by atoms with van der Waals surface area (Å²) in [6.45, 7) is 0.0965. The van der Waals surface area contributed by atoms with Gasteiger partial charge in [-0.25, -0.2) is 92.6 Å². The van der Waals surface area contributed by atoms with Gasteiger partial charge < -0.3 is 9.84 Å². The molecular weight excluding hydrogens is 1050 g/mol. The van der Waals surface area contributed by atoms with Gasteiger partial charge in [-0.05, 0) is 30.3 Å². The molecule has 1 aromatic heterocycles. The molecule has 0 amide bonds. The Hall–Kier alpha value is -8.45. The van der Waals surface area contributed by atoms with Crippen molar-refractivity contribution in [2.75, 3.05) is 0 Å². The van der Waals surface area contributed by atoms with Crippen molar-refractivity contribution in [1.82, 2.24) is 0 Å². The minimum atomic E-state index is -7.22. The Labute approximate surface area is 398 Å². The van der Waals surface area contributed by atoms with Gasteiger partial charge in [-0.1, -0.05) is 48.5 Å². The fraction of sp³-hybridized carbons (Fsp3) is 0.0208. The molecule has 8 rings (SSSR count). The lowest BCUT2D eigenvalue weighted by Crippen LogP contribution is -2.81. The van der Waals surface area contributed by atoms with Crippen LogP contribution in [0, 0.1) is 116 Å². The standard InChI is InChI=1S/C24BF20.C24H17NO4/c26-5-1(6(27)14(35)21(42)13(5)34)25(2-7(28)15(36)22(43)16(37)8(2)29,3-9(30)17(38)23(44)18(39)10(3)31)4-11(32)19(40)24(45)20(41)12(4)33;26-22(18-8-2-1-3-9-18)16-25-21-12-5-4-7-17(21)13-14-23(25)29-20-11-6-10-19(15-20)24(27)28/h;1-15H,16H2/q-1;/p+1. The molecule has 0 saturated carbocycles. The molecule has 0 aliphatic rings. The average molecular weight is 1060 g/mol. The first-order valence-corrected chi connectivity index (χ1v) is 20.1. The van der Waals surface area contributed by atoms with Gasteiger partial charge in [0.25, 0.3) is 0 Å². The number of nitrogens with zero attached hydrogens (tertiary/aromatic N) is 1. The largest absolute Gasteiger partial charge is 0.478 e. The highest BCUT2D eigenvalue weighted by molar-refractivity contribution is 7.20. The molecule has 0 aliphatic carbocycles. The highest BCUT2D eigenvalue weighted by Crippen LogP contribution is 2.31. The zero-order valence-corrected chi connectivity index (χ0v) is 35.6. The Bertz CT molecular complexity index is 3260. The number of carboxylic acids is 1. The number of carboxylic acid groups (broad SMARTS) is 1. The fourth-order valence-electron chi connectivity index (χ4n) is 8.04. The highest BCUT2D eigenvalue weighted by Gasteiger charge is 2.52. The minimum absolute atomic E-state index is 0.0453. The van der Waals surface area contributed by atoms with Crippen molar-refractivity contribution in [3.8, 4) is 11.6 Å². The van der Waals surface area contributed by atoms with E-state index in [9.17, 15) is 67.4 Å². The monoisotopic (exact) mass is 1060 g/mol. The number of fused-ring (bicyclic) bond motifs is 1. The van der Waals surface area contributed by atoms with Crippen molar-refractivity contribution < 1.29 is 112 Å². The van der Waals surface area contributed by atoms with Crippen LogP contribution in [0.5, 0.6) is 11.6 Å². The van der Waals surface area contributed by atoms with Crippen LogP contribution in [-0.4, -0.2) is 23.0 Å². The van der Waals surface area contributed by atoms with Crippen molar-refractivity contribution in [3.05, 3.63) is 218 Å². The molecule has 382 valence electrons. The van der Waals surface area contributed by atoms with Gasteiger partial charge in [0.15, 0.2) is 69.8 Å². The molecule has 1 heterocycles. The third kappa shape index (κ3) is 8.65. The van der Waals surface area contributed by atoms with Crippen molar-refractivity contribution in [1.29, 1.82) is 0 Å². The summed E-state index contributed by atoms with van der Waals surface area (Å²) in [6, 6.07) is 26.8. The van der Waals surface area contributed by atoms with E-state index >= 15 is 35.1 Å². The third-order valence-electron chi connectivity index (χ3n) is 11.3. The van der Waals surface area contributed by atoms with E-state index in [4.69, 9.17) is 4.74 Å². The number of benzene rings is 7. The van der Waals surface area contributed by atoms with Crippen molar-refractivity contribution in [2.45, 2.75) is 6.54 Å². The van der Waals surface area contributed by atoms with E-state index < -0.39 is 150 Å². The number of ether oxygens (including phenoxy) is 1. The Kier molecular flexibility index (Phi) is 14.6. The van der Waals surface area contributed by atoms with Gasteiger partial charge in [0.2, 0.25) is 17.8 Å². The third-order valence-corrected chi connectivity index (χ3v) is 11.3. The van der Waals surface area contributed by atoms with E-state index in [2.05, 4.69) is 0 Å². The first-order chi connectivity index (χ1) is 34.8. The van der Waals surface area contributed by atoms with E-state index in [1.807, 2.05) is 48.5 Å². The zero-order chi connectivity index (χ0) is 54.6. The van der Waals surface area contributed by atoms with Gasteiger partial charge in [0, 0.05) is 17.0 Å². The number of aromatic carboxylic acids is 1. The van der Waals surface area contributed by atoms with Crippen molar-refractivity contribution in [3.63, 3.8) is 0 Å². The predicted octanol–water partition coefficient (Wildman–Crippen LogP) is 10.3. The van der Waals surface area contributed by atoms with Gasteiger partial charge in [-0.2, -0.15) is 4.57 Å². The quantitative estimate of drug-likeness (QED) is 0.0370. The predicted molar refractivity (Wildman–Crippen MR) is 218 cm³/mol. The van der Waals surface area contributed by atoms with E-state index in [0.29, 0.717) is 17.2 Å². The minimum Gasteiger partial charge on any atom is -0.478 e. The molecule has 0 spiro atoms. The van der Waals surface area contributed by atoms with Crippen LogP contribution in [-0.2, 0) is 6.54 Å². The van der Waals surface area contributed by atoms with Crippen molar-refractivity contribution >= 4 is 50.7 Å². The molecule has 8 aromatic rings. The molecule has 26 heteroatoms. The summed E-state index contributed by atoms with van der Waals surface area (Å²) in [5.41, 5.74) is -12.7. The number of pyridine rings is 1. The fourth-order valence-corrected chi connectivity index (χ4v) is 8.04. The van der Waals surface area contributed by atoms with Crippen LogP contribution in [0.4, 0.5) is 87.8 Å². The molecule has 0 radical (unpaired) electrons. The first kappa shape index (κ1) is 53.4. The van der Waals surface area contributed by atoms with Gasteiger partial charge in [0.05, 0.1) is 11.6 Å². The number of hydrogen-bond acceptors (Lipinski definition) is 3. The summed E-state index contributed by atoms with van der Waals surface area (Å²) in [6.07, 6.45) is -7.22. The molecule has 0 aliphatic heterocycles. The number of aromatic nitrogens is 1. The maximum absolute atomic E-state index is 15.4. The van der Waals surface area contributed by atoms with E-state index in [1.165, 1.54) is 12.1 Å². The van der Waals surface area contributed by atoms with Crippen LogP contribution in [0.3, 0.4) is 0 Å². The summed E-state index contributed by atoms with van der Waals surface area (Å²) in [4.78, 5) is 24.1. The number of halogens is 20. The maximum Gasteiger partial charge on any atom is 0.374 e. The van der Waals surface area contributed by atoms with E-state index in [-0.39, 0.29) is 17.9 Å². The molecule has 0 fully saturated rings. The normalized spacial score (nSPS) is 11.5. The van der Waals surface area contributed by atoms with Crippen LogP contribution in [0.1, 0.15) is 20.7 Å². The lowest BCUT2D eigenvalue weighted by molar-refractivity contribution is -0.661. The summed E-state index contributed by atoms with van der Waals surface area (Å²) in [7, 11) is 0. The molecule has 0 unspecified atom stereocenters. The molecule has 1 N–H and O–H groups in total. The second-order valence-electron chi connectivity index (χ2n) is 15.3. The van der Waals surface area contributed by atoms with Crippen LogP contribution in [0.25, 0.3) is 10.9 Å². The van der Waals surface area contributed by atoms with Crippen LogP contribution in [0.15, 0.2) is 91.0 Å². The van der Waals surface area contributed by atoms with Crippen molar-refractivity contribution in [2.24, 2.45) is 0 Å². The van der Waals surface area contributed by atoms with E-state index in [1.54, 1.807) is 34.9 Å². The second-order valence-corrected chi connectivity index (χ2v) is 15.3. The summed E-state index contributed by atoms with van der Waals surface area (Å²) in [5, 5.41) is 10.2. The van der Waals surface area contributed by atoms with E-state index in [0.717, 1.165) is 10.9 Å². The number of carbonyl (C=O) groups is 2. The molecule has 0 saturated heterocycles. The number of rotatable bonds is 10. The SMILES string of the molecule is Fc1c(F)c(F)c([B-](c2c(F)c(F)c(F)c(F)c2F)(c2c(F)c(F)c(F)c(F)c2F)c2c(F)c(F)c(F)c(F)c2F)c(F)c1F.O=C(O)c1cccc(Oc2ccc3ccccc3[n+]2CC(=O)c2ccccc2)c1. The number of ketones is 1. The molecule has 0 atom stereocenters. The highest BCUT2D eigenvalue weighted by atomic mass is 19.2. The number of hydrogen-bond donors (Lipinski definition) is 1. The smallest absolute Gasteiger partial charge is 0.374 e. The first-order valence-electron chi connectivity index (χ1n) is 20.1. The maximum atomic E-state index is 15.4. The zero-order valence-electron chi connectivity index (χ0n) is 35.6. The van der Waals surface area contributed by atoms with Gasteiger partial charge in [-0.15, -0.1) is 21.9 Å². The Morgan fingerprint density at radius 1 is 0.392 bits per heavy atom. The Morgan fingerprint density at radius 2 is 0.730 bits per heavy atom. The van der Waals surface area contributed by atoms with Gasteiger partial charge in [0.1, 0.15) is 58.4 Å².